The van der Waals surface area contributed by atoms with Gasteiger partial charge in [-0.25, -0.2) is 8.42 Å². The highest BCUT2D eigenvalue weighted by Gasteiger charge is 2.26. The van der Waals surface area contributed by atoms with Gasteiger partial charge in [-0.2, -0.15) is 9.40 Å². The average Bonchev–Trinajstić information content (AvgIpc) is 2.77. The summed E-state index contributed by atoms with van der Waals surface area (Å²) in [5.74, 6) is 0. The Morgan fingerprint density at radius 2 is 2.24 bits per heavy atom. The van der Waals surface area contributed by atoms with E-state index < -0.39 is 10.0 Å². The summed E-state index contributed by atoms with van der Waals surface area (Å²) in [6.07, 6.45) is 4.71. The van der Waals surface area contributed by atoms with Gasteiger partial charge >= 0.3 is 0 Å². The van der Waals surface area contributed by atoms with Crippen molar-refractivity contribution in [3.8, 4) is 0 Å². The van der Waals surface area contributed by atoms with Crippen LogP contribution in [0.5, 0.6) is 0 Å². The summed E-state index contributed by atoms with van der Waals surface area (Å²) in [6.45, 7) is 6.61. The fourth-order valence-corrected chi connectivity index (χ4v) is 3.67. The second-order valence-corrected chi connectivity index (χ2v) is 6.95. The Morgan fingerprint density at radius 3 is 3.05 bits per heavy atom. The number of hydrogen-bond donors (Lipinski definition) is 1. The van der Waals surface area contributed by atoms with Gasteiger partial charge in [0, 0.05) is 32.4 Å². The van der Waals surface area contributed by atoms with Crippen LogP contribution >= 0.6 is 0 Å². The molecule has 1 fully saturated rings. The van der Waals surface area contributed by atoms with E-state index in [0.29, 0.717) is 32.8 Å². The van der Waals surface area contributed by atoms with Gasteiger partial charge in [-0.1, -0.05) is 6.92 Å². The van der Waals surface area contributed by atoms with Crippen LogP contribution in [-0.2, 0) is 21.3 Å². The molecule has 0 bridgehead atoms. The van der Waals surface area contributed by atoms with Crippen LogP contribution in [0, 0.1) is 0 Å². The van der Waals surface area contributed by atoms with Crippen molar-refractivity contribution in [2.24, 2.45) is 0 Å². The number of rotatable bonds is 7. The van der Waals surface area contributed by atoms with Crippen molar-refractivity contribution in [2.75, 3.05) is 39.4 Å². The molecule has 8 heteroatoms. The molecule has 1 aromatic rings. The molecule has 1 aromatic heterocycles. The number of sulfonamides is 1. The van der Waals surface area contributed by atoms with Gasteiger partial charge in [-0.05, 0) is 25.9 Å². The van der Waals surface area contributed by atoms with Crippen LogP contribution in [0.1, 0.15) is 19.8 Å². The first kappa shape index (κ1) is 16.4. The zero-order valence-electron chi connectivity index (χ0n) is 12.5. The van der Waals surface area contributed by atoms with Crippen LogP contribution in [0.4, 0.5) is 0 Å². The van der Waals surface area contributed by atoms with Crippen molar-refractivity contribution in [1.82, 2.24) is 19.4 Å². The molecule has 120 valence electrons. The minimum Gasteiger partial charge on any atom is -0.380 e. The maximum Gasteiger partial charge on any atom is 0.246 e. The number of aromatic nitrogens is 2. The smallest absolute Gasteiger partial charge is 0.246 e. The van der Waals surface area contributed by atoms with Crippen molar-refractivity contribution in [2.45, 2.75) is 31.2 Å². The molecule has 0 radical (unpaired) electrons. The van der Waals surface area contributed by atoms with Gasteiger partial charge in [0.2, 0.25) is 10.0 Å². The molecule has 1 aliphatic rings. The molecule has 1 saturated heterocycles. The molecule has 1 N–H and O–H groups in total. The number of ether oxygens (including phenoxy) is 1. The van der Waals surface area contributed by atoms with E-state index in [4.69, 9.17) is 4.74 Å². The molecule has 0 atom stereocenters. The van der Waals surface area contributed by atoms with E-state index in [1.807, 2.05) is 0 Å². The van der Waals surface area contributed by atoms with E-state index in [9.17, 15) is 8.42 Å². The third-order valence-corrected chi connectivity index (χ3v) is 5.27. The summed E-state index contributed by atoms with van der Waals surface area (Å²) >= 11 is 0. The Hall–Kier alpha value is -0.960. The van der Waals surface area contributed by atoms with Gasteiger partial charge in [-0.3, -0.25) is 4.68 Å². The predicted molar refractivity (Wildman–Crippen MR) is 79.6 cm³/mol. The predicted octanol–water partition coefficient (Wildman–Crippen LogP) is 0.294. The summed E-state index contributed by atoms with van der Waals surface area (Å²) in [5.41, 5.74) is 0. The standard InChI is InChI=1S/C13H24N4O3S/c1-2-14-5-3-6-16-12-13(11-15-16)21(18,19)17-7-4-9-20-10-8-17/h11-12,14H,2-10H2,1H3. The van der Waals surface area contributed by atoms with Gasteiger partial charge in [0.1, 0.15) is 4.90 Å². The van der Waals surface area contributed by atoms with E-state index in [0.717, 1.165) is 25.9 Å². The summed E-state index contributed by atoms with van der Waals surface area (Å²) in [5, 5.41) is 7.38. The summed E-state index contributed by atoms with van der Waals surface area (Å²) in [4.78, 5) is 0.271. The average molecular weight is 316 g/mol. The van der Waals surface area contributed by atoms with Gasteiger partial charge in [0.15, 0.2) is 0 Å². The van der Waals surface area contributed by atoms with Crippen LogP contribution in [0.25, 0.3) is 0 Å². The van der Waals surface area contributed by atoms with E-state index in [2.05, 4.69) is 17.3 Å². The lowest BCUT2D eigenvalue weighted by Gasteiger charge is -2.17. The second kappa shape index (κ2) is 7.88. The van der Waals surface area contributed by atoms with Crippen LogP contribution in [0.3, 0.4) is 0 Å². The normalized spacial score (nSPS) is 17.8. The van der Waals surface area contributed by atoms with Gasteiger partial charge < -0.3 is 10.1 Å². The largest absolute Gasteiger partial charge is 0.380 e. The highest BCUT2D eigenvalue weighted by Crippen LogP contribution is 2.16. The van der Waals surface area contributed by atoms with Crippen molar-refractivity contribution < 1.29 is 13.2 Å². The molecule has 2 rings (SSSR count). The van der Waals surface area contributed by atoms with E-state index in [-0.39, 0.29) is 4.90 Å². The summed E-state index contributed by atoms with van der Waals surface area (Å²) in [6, 6.07) is 0. The molecule has 0 saturated carbocycles. The molecule has 0 aromatic carbocycles. The number of nitrogens with zero attached hydrogens (tertiary/aromatic N) is 3. The first-order valence-electron chi connectivity index (χ1n) is 7.45. The summed E-state index contributed by atoms with van der Waals surface area (Å²) < 4.78 is 33.6. The van der Waals surface area contributed by atoms with Crippen LogP contribution in [0.15, 0.2) is 17.3 Å². The lowest BCUT2D eigenvalue weighted by Crippen LogP contribution is -2.33. The maximum atomic E-state index is 12.5. The highest BCUT2D eigenvalue weighted by molar-refractivity contribution is 7.89. The third kappa shape index (κ3) is 4.50. The topological polar surface area (TPSA) is 76.5 Å². The molecule has 0 aliphatic carbocycles. The molecule has 2 heterocycles. The molecule has 0 amide bonds. The Morgan fingerprint density at radius 1 is 1.38 bits per heavy atom. The monoisotopic (exact) mass is 316 g/mol. The second-order valence-electron chi connectivity index (χ2n) is 5.02. The minimum absolute atomic E-state index is 0.271. The fourth-order valence-electron chi connectivity index (χ4n) is 2.26. The lowest BCUT2D eigenvalue weighted by atomic mass is 10.4. The van der Waals surface area contributed by atoms with Crippen molar-refractivity contribution in [3.05, 3.63) is 12.4 Å². The minimum atomic E-state index is -3.45. The van der Waals surface area contributed by atoms with Crippen molar-refractivity contribution >= 4 is 10.0 Å². The number of nitrogens with one attached hydrogen (secondary N) is 1. The van der Waals surface area contributed by atoms with Crippen LogP contribution in [0.2, 0.25) is 0 Å². The van der Waals surface area contributed by atoms with Crippen LogP contribution in [-0.4, -0.2) is 61.9 Å². The Kier molecular flexibility index (Phi) is 6.16. The van der Waals surface area contributed by atoms with Crippen LogP contribution < -0.4 is 5.32 Å². The van der Waals surface area contributed by atoms with E-state index in [1.54, 1.807) is 10.9 Å². The molecule has 21 heavy (non-hydrogen) atoms. The first-order chi connectivity index (χ1) is 10.1. The Labute approximate surface area is 126 Å². The SMILES string of the molecule is CCNCCCn1cc(S(=O)(=O)N2CCCOCC2)cn1. The summed E-state index contributed by atoms with van der Waals surface area (Å²) in [7, 11) is -3.45. The number of aryl methyl sites for hydroxylation is 1. The van der Waals surface area contributed by atoms with E-state index >= 15 is 0 Å². The third-order valence-electron chi connectivity index (χ3n) is 3.42. The lowest BCUT2D eigenvalue weighted by molar-refractivity contribution is 0.148. The molecule has 0 spiro atoms. The van der Waals surface area contributed by atoms with Crippen molar-refractivity contribution in [1.29, 1.82) is 0 Å². The zero-order valence-corrected chi connectivity index (χ0v) is 13.3. The molecular weight excluding hydrogens is 292 g/mol. The van der Waals surface area contributed by atoms with Gasteiger partial charge in [-0.15, -0.1) is 0 Å². The highest BCUT2D eigenvalue weighted by atomic mass is 32.2. The molecule has 0 unspecified atom stereocenters. The molecule has 1 aliphatic heterocycles. The van der Waals surface area contributed by atoms with Crippen molar-refractivity contribution in [3.63, 3.8) is 0 Å². The van der Waals surface area contributed by atoms with E-state index in [1.165, 1.54) is 10.5 Å². The Balaban J connectivity index is 1.98. The quantitative estimate of drug-likeness (QED) is 0.732. The maximum absolute atomic E-state index is 12.5. The zero-order chi connectivity index (χ0) is 15.1. The van der Waals surface area contributed by atoms with Gasteiger partial charge in [0.05, 0.1) is 12.8 Å². The fraction of sp³-hybridized carbons (Fsp3) is 0.769. The molecular formula is C13H24N4O3S. The Bertz CT molecular complexity index is 521. The van der Waals surface area contributed by atoms with Gasteiger partial charge in [0.25, 0.3) is 0 Å². The molecule has 7 nitrogen and oxygen atoms in total. The first-order valence-corrected chi connectivity index (χ1v) is 8.89. The number of hydrogen-bond acceptors (Lipinski definition) is 5.